The highest BCUT2D eigenvalue weighted by atomic mass is 15.3. The van der Waals surface area contributed by atoms with E-state index in [1.807, 2.05) is 11.7 Å². The van der Waals surface area contributed by atoms with Crippen molar-refractivity contribution in [2.24, 2.45) is 7.05 Å². The number of nitrogens with zero attached hydrogens (tertiary/aromatic N) is 2. The highest BCUT2D eigenvalue weighted by molar-refractivity contribution is 5.16. The Morgan fingerprint density at radius 2 is 2.17 bits per heavy atom. The maximum Gasteiger partial charge on any atom is 0.0625 e. The molecule has 0 aliphatic heterocycles. The second-order valence-electron chi connectivity index (χ2n) is 4.85. The summed E-state index contributed by atoms with van der Waals surface area (Å²) in [6, 6.07) is 2.56. The van der Waals surface area contributed by atoms with Gasteiger partial charge in [-0.2, -0.15) is 5.10 Å². The Balaban J connectivity index is 2.85. The molecule has 3 nitrogen and oxygen atoms in total. The van der Waals surface area contributed by atoms with Crippen molar-refractivity contribution in [1.29, 1.82) is 0 Å². The SMILES string of the molecule is C=C(CC)CC(NCCC)c1cc(CC)nn1C. The van der Waals surface area contributed by atoms with Crippen LogP contribution in [0, 0.1) is 0 Å². The van der Waals surface area contributed by atoms with Gasteiger partial charge in [0.05, 0.1) is 17.4 Å². The van der Waals surface area contributed by atoms with Gasteiger partial charge < -0.3 is 5.32 Å². The minimum absolute atomic E-state index is 0.343. The van der Waals surface area contributed by atoms with E-state index >= 15 is 0 Å². The second kappa shape index (κ2) is 7.37. The van der Waals surface area contributed by atoms with Gasteiger partial charge in [-0.05, 0) is 38.3 Å². The largest absolute Gasteiger partial charge is 0.308 e. The second-order valence-corrected chi connectivity index (χ2v) is 4.85. The van der Waals surface area contributed by atoms with Crippen LogP contribution in [0.15, 0.2) is 18.2 Å². The molecule has 1 rings (SSSR count). The number of nitrogens with one attached hydrogen (secondary N) is 1. The van der Waals surface area contributed by atoms with Crippen LogP contribution in [-0.2, 0) is 13.5 Å². The molecule has 0 aliphatic rings. The molecule has 0 aliphatic carbocycles. The summed E-state index contributed by atoms with van der Waals surface area (Å²) in [5, 5.41) is 8.15. The van der Waals surface area contributed by atoms with Gasteiger partial charge in [0.1, 0.15) is 0 Å². The van der Waals surface area contributed by atoms with Gasteiger partial charge in [-0.15, -0.1) is 0 Å². The summed E-state index contributed by atoms with van der Waals surface area (Å²) in [5.41, 5.74) is 3.73. The first-order valence-electron chi connectivity index (χ1n) is 7.05. The van der Waals surface area contributed by atoms with Crippen molar-refractivity contribution in [3.05, 3.63) is 29.6 Å². The Hall–Kier alpha value is -1.09. The lowest BCUT2D eigenvalue weighted by atomic mass is 10.0. The maximum absolute atomic E-state index is 4.54. The lowest BCUT2D eigenvalue weighted by Gasteiger charge is -2.19. The molecule has 18 heavy (non-hydrogen) atoms. The maximum atomic E-state index is 4.54. The number of aryl methyl sites for hydroxylation is 2. The van der Waals surface area contributed by atoms with Gasteiger partial charge in [0.15, 0.2) is 0 Å². The van der Waals surface area contributed by atoms with Gasteiger partial charge in [-0.25, -0.2) is 0 Å². The van der Waals surface area contributed by atoms with E-state index in [1.165, 1.54) is 11.3 Å². The lowest BCUT2D eigenvalue weighted by Crippen LogP contribution is -2.24. The highest BCUT2D eigenvalue weighted by Crippen LogP contribution is 2.22. The fraction of sp³-hybridized carbons (Fsp3) is 0.667. The topological polar surface area (TPSA) is 29.9 Å². The van der Waals surface area contributed by atoms with E-state index in [-0.39, 0.29) is 0 Å². The van der Waals surface area contributed by atoms with Crippen LogP contribution < -0.4 is 5.32 Å². The van der Waals surface area contributed by atoms with Crippen LogP contribution in [0.3, 0.4) is 0 Å². The first-order chi connectivity index (χ1) is 8.62. The molecule has 1 heterocycles. The third kappa shape index (κ3) is 3.98. The van der Waals surface area contributed by atoms with Crippen molar-refractivity contribution in [2.45, 2.75) is 52.5 Å². The Morgan fingerprint density at radius 1 is 1.44 bits per heavy atom. The molecule has 102 valence electrons. The molecule has 0 saturated heterocycles. The van der Waals surface area contributed by atoms with E-state index in [1.54, 1.807) is 0 Å². The molecule has 0 saturated carbocycles. The van der Waals surface area contributed by atoms with E-state index in [4.69, 9.17) is 0 Å². The van der Waals surface area contributed by atoms with Gasteiger partial charge in [-0.1, -0.05) is 32.9 Å². The molecular weight excluding hydrogens is 222 g/mol. The summed E-state index contributed by atoms with van der Waals surface area (Å²) < 4.78 is 2.01. The molecule has 1 atom stereocenters. The minimum Gasteiger partial charge on any atom is -0.308 e. The average molecular weight is 249 g/mol. The van der Waals surface area contributed by atoms with E-state index in [0.29, 0.717) is 6.04 Å². The zero-order valence-corrected chi connectivity index (χ0v) is 12.3. The quantitative estimate of drug-likeness (QED) is 0.716. The highest BCUT2D eigenvalue weighted by Gasteiger charge is 2.16. The summed E-state index contributed by atoms with van der Waals surface area (Å²) >= 11 is 0. The monoisotopic (exact) mass is 249 g/mol. The molecular formula is C15H27N3. The molecule has 1 aromatic rings. The third-order valence-electron chi connectivity index (χ3n) is 3.32. The normalized spacial score (nSPS) is 12.7. The summed E-state index contributed by atoms with van der Waals surface area (Å²) in [4.78, 5) is 0. The van der Waals surface area contributed by atoms with E-state index in [9.17, 15) is 0 Å². The average Bonchev–Trinajstić information content (AvgIpc) is 2.75. The molecule has 0 fully saturated rings. The number of rotatable bonds is 8. The van der Waals surface area contributed by atoms with Crippen molar-refractivity contribution < 1.29 is 0 Å². The zero-order chi connectivity index (χ0) is 13.5. The predicted octanol–water partition coefficient (Wildman–Crippen LogP) is 3.38. The summed E-state index contributed by atoms with van der Waals surface area (Å²) in [7, 11) is 2.03. The van der Waals surface area contributed by atoms with Gasteiger partial charge in [0.25, 0.3) is 0 Å². The summed E-state index contributed by atoms with van der Waals surface area (Å²) in [6.07, 6.45) is 4.18. The Kier molecular flexibility index (Phi) is 6.13. The van der Waals surface area contributed by atoms with Crippen LogP contribution in [0.5, 0.6) is 0 Å². The molecule has 0 amide bonds. The molecule has 3 heteroatoms. The number of hydrogen-bond acceptors (Lipinski definition) is 2. The van der Waals surface area contributed by atoms with Gasteiger partial charge in [0.2, 0.25) is 0 Å². The molecule has 1 aromatic heterocycles. The van der Waals surface area contributed by atoms with Crippen LogP contribution >= 0.6 is 0 Å². The van der Waals surface area contributed by atoms with Crippen molar-refractivity contribution >= 4 is 0 Å². The number of hydrogen-bond donors (Lipinski definition) is 1. The Morgan fingerprint density at radius 3 is 2.67 bits per heavy atom. The van der Waals surface area contributed by atoms with Crippen molar-refractivity contribution in [3.63, 3.8) is 0 Å². The third-order valence-corrected chi connectivity index (χ3v) is 3.32. The van der Waals surface area contributed by atoms with Crippen molar-refractivity contribution in [3.8, 4) is 0 Å². The van der Waals surface area contributed by atoms with E-state index < -0.39 is 0 Å². The first kappa shape index (κ1) is 15.0. The molecule has 0 radical (unpaired) electrons. The minimum atomic E-state index is 0.343. The fourth-order valence-electron chi connectivity index (χ4n) is 2.08. The van der Waals surface area contributed by atoms with E-state index in [0.717, 1.165) is 37.9 Å². The predicted molar refractivity (Wildman–Crippen MR) is 77.7 cm³/mol. The number of aromatic nitrogens is 2. The Bertz CT molecular complexity index is 379. The first-order valence-corrected chi connectivity index (χ1v) is 7.05. The molecule has 1 N–H and O–H groups in total. The van der Waals surface area contributed by atoms with E-state index in [2.05, 4.69) is 43.8 Å². The smallest absolute Gasteiger partial charge is 0.0625 e. The molecule has 0 bridgehead atoms. The van der Waals surface area contributed by atoms with Crippen LogP contribution in [0.4, 0.5) is 0 Å². The van der Waals surface area contributed by atoms with Gasteiger partial charge in [0, 0.05) is 7.05 Å². The van der Waals surface area contributed by atoms with Crippen LogP contribution in [0.2, 0.25) is 0 Å². The standard InChI is InChI=1S/C15H27N3/c1-6-9-16-14(10-12(4)7-2)15-11-13(8-3)17-18(15)5/h11,14,16H,4,6-10H2,1-3,5H3. The summed E-state index contributed by atoms with van der Waals surface area (Å²) in [5.74, 6) is 0. The Labute approximate surface area is 111 Å². The van der Waals surface area contributed by atoms with Gasteiger partial charge in [-0.3, -0.25) is 4.68 Å². The summed E-state index contributed by atoms with van der Waals surface area (Å²) in [6.45, 7) is 11.7. The van der Waals surface area contributed by atoms with Crippen LogP contribution in [-0.4, -0.2) is 16.3 Å². The molecule has 0 aromatic carbocycles. The van der Waals surface area contributed by atoms with Crippen molar-refractivity contribution in [2.75, 3.05) is 6.54 Å². The van der Waals surface area contributed by atoms with Gasteiger partial charge >= 0.3 is 0 Å². The van der Waals surface area contributed by atoms with Crippen LogP contribution in [0.1, 0.15) is 57.5 Å². The fourth-order valence-corrected chi connectivity index (χ4v) is 2.08. The zero-order valence-electron chi connectivity index (χ0n) is 12.3. The lowest BCUT2D eigenvalue weighted by molar-refractivity contribution is 0.488. The molecule has 0 spiro atoms. The molecule has 1 unspecified atom stereocenters. The van der Waals surface area contributed by atoms with Crippen LogP contribution in [0.25, 0.3) is 0 Å². The van der Waals surface area contributed by atoms with Crippen molar-refractivity contribution in [1.82, 2.24) is 15.1 Å².